The van der Waals surface area contributed by atoms with Crippen LogP contribution in [-0.4, -0.2) is 38.5 Å². The normalized spacial score (nSPS) is 12.2. The number of hydrogen-bond acceptors (Lipinski definition) is 3. The number of hydrogen-bond donors (Lipinski definition) is 3. The van der Waals surface area contributed by atoms with Gasteiger partial charge >= 0.3 is 0 Å². The Morgan fingerprint density at radius 2 is 2.09 bits per heavy atom. The van der Waals surface area contributed by atoms with E-state index in [9.17, 15) is 4.79 Å². The van der Waals surface area contributed by atoms with Gasteiger partial charge in [0.25, 0.3) is 0 Å². The van der Waals surface area contributed by atoms with E-state index in [4.69, 9.17) is 0 Å². The molecule has 1 rings (SSSR count). The Bertz CT molecular complexity index is 437. The predicted molar refractivity (Wildman–Crippen MR) is 105 cm³/mol. The van der Waals surface area contributed by atoms with Gasteiger partial charge in [0.2, 0.25) is 5.91 Å². The van der Waals surface area contributed by atoms with Crippen molar-refractivity contribution in [3.8, 4) is 0 Å². The second kappa shape index (κ2) is 12.7. The molecule has 1 aromatic heterocycles. The number of rotatable bonds is 8. The van der Waals surface area contributed by atoms with Crippen molar-refractivity contribution in [3.63, 3.8) is 0 Å². The van der Waals surface area contributed by atoms with Crippen LogP contribution >= 0.6 is 35.3 Å². The van der Waals surface area contributed by atoms with Crippen molar-refractivity contribution in [2.45, 2.75) is 32.6 Å². The number of aliphatic imine (C=N–C) groups is 1. The summed E-state index contributed by atoms with van der Waals surface area (Å²) in [5.74, 6) is 1.25. The minimum absolute atomic E-state index is 0. The summed E-state index contributed by atoms with van der Waals surface area (Å²) in [5, 5.41) is 11.4. The zero-order valence-electron chi connectivity index (χ0n) is 13.5. The molecular formula is C15H27IN4OS. The lowest BCUT2D eigenvalue weighted by Gasteiger charge is -2.15. The Kier molecular flexibility index (Phi) is 12.2. The van der Waals surface area contributed by atoms with Crippen LogP contribution in [0.1, 0.15) is 37.5 Å². The van der Waals surface area contributed by atoms with Crippen molar-refractivity contribution < 1.29 is 4.79 Å². The Balaban J connectivity index is 0.00000441. The summed E-state index contributed by atoms with van der Waals surface area (Å²) in [6.07, 6.45) is 1.42. The molecule has 22 heavy (non-hydrogen) atoms. The molecular weight excluding hydrogens is 411 g/mol. The second-order valence-corrected chi connectivity index (χ2v) is 5.88. The molecule has 1 heterocycles. The maximum atomic E-state index is 11.5. The van der Waals surface area contributed by atoms with Crippen LogP contribution < -0.4 is 16.0 Å². The molecule has 0 aliphatic heterocycles. The molecule has 0 saturated carbocycles. The number of nitrogens with one attached hydrogen (secondary N) is 3. The van der Waals surface area contributed by atoms with Gasteiger partial charge in [-0.05, 0) is 17.9 Å². The molecule has 0 radical (unpaired) electrons. The summed E-state index contributed by atoms with van der Waals surface area (Å²) in [6.45, 7) is 6.37. The standard InChI is InChI=1S/C15H26N4OS.HI/c1-4-8-17-14(20)7-9-18-15(16-3)19-11-12(2)13-6-5-10-21-13;/h5-6,10,12H,4,7-9,11H2,1-3H3,(H,17,20)(H2,16,18,19);1H. The van der Waals surface area contributed by atoms with Gasteiger partial charge in [0.15, 0.2) is 5.96 Å². The van der Waals surface area contributed by atoms with Crippen molar-refractivity contribution in [2.75, 3.05) is 26.7 Å². The maximum Gasteiger partial charge on any atom is 0.221 e. The molecule has 0 aliphatic carbocycles. The van der Waals surface area contributed by atoms with Crippen LogP contribution in [0.3, 0.4) is 0 Å². The number of amides is 1. The molecule has 0 aliphatic rings. The van der Waals surface area contributed by atoms with E-state index in [0.29, 0.717) is 18.9 Å². The largest absolute Gasteiger partial charge is 0.356 e. The number of carbonyl (C=O) groups is 1. The Morgan fingerprint density at radius 3 is 2.68 bits per heavy atom. The van der Waals surface area contributed by atoms with Crippen LogP contribution in [0.5, 0.6) is 0 Å². The van der Waals surface area contributed by atoms with E-state index in [1.165, 1.54) is 4.88 Å². The van der Waals surface area contributed by atoms with Crippen LogP contribution in [0.4, 0.5) is 0 Å². The first-order chi connectivity index (χ1) is 10.2. The lowest BCUT2D eigenvalue weighted by Crippen LogP contribution is -2.40. The smallest absolute Gasteiger partial charge is 0.221 e. The zero-order chi connectivity index (χ0) is 15.5. The van der Waals surface area contributed by atoms with Crippen LogP contribution in [0, 0.1) is 0 Å². The molecule has 0 saturated heterocycles. The van der Waals surface area contributed by atoms with Crippen molar-refractivity contribution in [2.24, 2.45) is 4.99 Å². The summed E-state index contributed by atoms with van der Waals surface area (Å²) in [6, 6.07) is 4.21. The number of thiophene rings is 1. The molecule has 3 N–H and O–H groups in total. The van der Waals surface area contributed by atoms with Gasteiger partial charge < -0.3 is 16.0 Å². The highest BCUT2D eigenvalue weighted by Gasteiger charge is 2.07. The molecule has 0 aromatic carbocycles. The molecule has 1 unspecified atom stereocenters. The van der Waals surface area contributed by atoms with Crippen LogP contribution in [0.15, 0.2) is 22.5 Å². The van der Waals surface area contributed by atoms with Crippen LogP contribution in [0.25, 0.3) is 0 Å². The third-order valence-corrected chi connectivity index (χ3v) is 4.15. The fourth-order valence-corrected chi connectivity index (χ4v) is 2.58. The summed E-state index contributed by atoms with van der Waals surface area (Å²) in [4.78, 5) is 17.0. The highest BCUT2D eigenvalue weighted by Crippen LogP contribution is 2.19. The van der Waals surface area contributed by atoms with Gasteiger partial charge in [-0.15, -0.1) is 35.3 Å². The summed E-state index contributed by atoms with van der Waals surface area (Å²) in [5.41, 5.74) is 0. The molecule has 1 aromatic rings. The van der Waals surface area contributed by atoms with E-state index < -0.39 is 0 Å². The first-order valence-corrected chi connectivity index (χ1v) is 8.30. The Hall–Kier alpha value is -0.830. The van der Waals surface area contributed by atoms with Gasteiger partial charge in [0, 0.05) is 43.9 Å². The first-order valence-electron chi connectivity index (χ1n) is 7.42. The van der Waals surface area contributed by atoms with Crippen molar-refractivity contribution in [1.82, 2.24) is 16.0 Å². The number of carbonyl (C=O) groups excluding carboxylic acids is 1. The van der Waals surface area contributed by atoms with Crippen LogP contribution in [0.2, 0.25) is 0 Å². The maximum absolute atomic E-state index is 11.5. The predicted octanol–water partition coefficient (Wildman–Crippen LogP) is 2.55. The quantitative estimate of drug-likeness (QED) is 0.332. The molecule has 126 valence electrons. The van der Waals surface area contributed by atoms with Gasteiger partial charge in [0.05, 0.1) is 0 Å². The third-order valence-electron chi connectivity index (χ3n) is 3.04. The van der Waals surface area contributed by atoms with Gasteiger partial charge in [-0.3, -0.25) is 9.79 Å². The van der Waals surface area contributed by atoms with Crippen molar-refractivity contribution >= 4 is 47.2 Å². The molecule has 0 bridgehead atoms. The molecule has 0 spiro atoms. The summed E-state index contributed by atoms with van der Waals surface area (Å²) < 4.78 is 0. The average molecular weight is 438 g/mol. The highest BCUT2D eigenvalue weighted by molar-refractivity contribution is 14.0. The molecule has 5 nitrogen and oxygen atoms in total. The van der Waals surface area contributed by atoms with E-state index >= 15 is 0 Å². The lowest BCUT2D eigenvalue weighted by molar-refractivity contribution is -0.120. The lowest BCUT2D eigenvalue weighted by atomic mass is 10.1. The minimum Gasteiger partial charge on any atom is -0.356 e. The van der Waals surface area contributed by atoms with E-state index in [1.54, 1.807) is 18.4 Å². The monoisotopic (exact) mass is 438 g/mol. The minimum atomic E-state index is 0. The molecule has 1 amide bonds. The number of nitrogens with zero attached hydrogens (tertiary/aromatic N) is 1. The number of halogens is 1. The fraction of sp³-hybridized carbons (Fsp3) is 0.600. The third kappa shape index (κ3) is 8.57. The first kappa shape index (κ1) is 21.2. The molecule has 7 heteroatoms. The Morgan fingerprint density at radius 1 is 1.32 bits per heavy atom. The van der Waals surface area contributed by atoms with Crippen molar-refractivity contribution in [1.29, 1.82) is 0 Å². The topological polar surface area (TPSA) is 65.5 Å². The Labute approximate surface area is 154 Å². The summed E-state index contributed by atoms with van der Waals surface area (Å²) in [7, 11) is 1.74. The van der Waals surface area contributed by atoms with Crippen molar-refractivity contribution in [3.05, 3.63) is 22.4 Å². The second-order valence-electron chi connectivity index (χ2n) is 4.90. The zero-order valence-corrected chi connectivity index (χ0v) is 16.7. The average Bonchev–Trinajstić information content (AvgIpc) is 3.02. The van der Waals surface area contributed by atoms with E-state index in [2.05, 4.69) is 45.4 Å². The van der Waals surface area contributed by atoms with Gasteiger partial charge in [-0.25, -0.2) is 0 Å². The fourth-order valence-electron chi connectivity index (χ4n) is 1.79. The van der Waals surface area contributed by atoms with Gasteiger partial charge in [0.1, 0.15) is 0 Å². The molecule has 1 atom stereocenters. The summed E-state index contributed by atoms with van der Waals surface area (Å²) >= 11 is 1.77. The van der Waals surface area contributed by atoms with E-state index in [1.807, 2.05) is 6.92 Å². The number of guanidine groups is 1. The van der Waals surface area contributed by atoms with Gasteiger partial charge in [-0.1, -0.05) is 19.9 Å². The van der Waals surface area contributed by atoms with E-state index in [-0.39, 0.29) is 29.9 Å². The van der Waals surface area contributed by atoms with Gasteiger partial charge in [-0.2, -0.15) is 0 Å². The van der Waals surface area contributed by atoms with Crippen LogP contribution in [-0.2, 0) is 4.79 Å². The van der Waals surface area contributed by atoms with E-state index in [0.717, 1.165) is 25.5 Å². The molecule has 0 fully saturated rings. The highest BCUT2D eigenvalue weighted by atomic mass is 127. The SMILES string of the molecule is CCCNC(=O)CCNC(=NC)NCC(C)c1cccs1.I.